The van der Waals surface area contributed by atoms with Crippen LogP contribution < -0.4 is 5.32 Å². The molecule has 1 aliphatic rings. The van der Waals surface area contributed by atoms with Crippen LogP contribution in [0.5, 0.6) is 0 Å². The first kappa shape index (κ1) is 18.7. The van der Waals surface area contributed by atoms with Gasteiger partial charge in [-0.2, -0.15) is 0 Å². The number of aromatic nitrogens is 1. The van der Waals surface area contributed by atoms with Crippen LogP contribution in [0.25, 0.3) is 10.9 Å². The van der Waals surface area contributed by atoms with E-state index in [1.54, 1.807) is 7.11 Å². The number of nitrogens with one attached hydrogen (secondary N) is 1. The number of aliphatic hydroxyl groups is 1. The number of rotatable bonds is 5. The number of hydrogen-bond donors (Lipinski definition) is 2. The van der Waals surface area contributed by atoms with Crippen molar-refractivity contribution in [1.29, 1.82) is 0 Å². The van der Waals surface area contributed by atoms with Crippen molar-refractivity contribution >= 4 is 17.0 Å². The second kappa shape index (κ2) is 7.26. The van der Waals surface area contributed by atoms with Crippen molar-refractivity contribution in [3.05, 3.63) is 35.5 Å². The molecule has 1 aliphatic heterocycles. The number of benzene rings is 1. The third kappa shape index (κ3) is 3.56. The number of hydrogen-bond acceptors (Lipinski definition) is 5. The van der Waals surface area contributed by atoms with Crippen LogP contribution in [0.2, 0.25) is 0 Å². The van der Waals surface area contributed by atoms with Crippen LogP contribution in [0.3, 0.4) is 0 Å². The van der Waals surface area contributed by atoms with E-state index >= 15 is 0 Å². The maximum atomic E-state index is 12.2. The summed E-state index contributed by atoms with van der Waals surface area (Å²) in [6, 6.07) is 7.57. The number of nitrogens with zero attached hydrogens (tertiary/aromatic N) is 1. The fourth-order valence-corrected chi connectivity index (χ4v) is 3.48. The molecule has 26 heavy (non-hydrogen) atoms. The van der Waals surface area contributed by atoms with Crippen molar-refractivity contribution in [2.45, 2.75) is 51.7 Å². The number of alkyl carbamates (subject to hydrolysis) is 1. The van der Waals surface area contributed by atoms with E-state index in [0.29, 0.717) is 6.54 Å². The van der Waals surface area contributed by atoms with Crippen LogP contribution in [0, 0.1) is 0 Å². The van der Waals surface area contributed by atoms with E-state index in [9.17, 15) is 9.90 Å². The second-order valence-electron chi connectivity index (χ2n) is 7.40. The number of amides is 1. The zero-order valence-electron chi connectivity index (χ0n) is 15.6. The second-order valence-corrected chi connectivity index (χ2v) is 7.40. The Hall–Kier alpha value is -2.09. The fourth-order valence-electron chi connectivity index (χ4n) is 3.48. The minimum atomic E-state index is -0.580. The molecule has 2 N–H and O–H groups in total. The van der Waals surface area contributed by atoms with Gasteiger partial charge in [0.15, 0.2) is 0 Å². The predicted octanol–water partition coefficient (Wildman–Crippen LogP) is 2.70. The monoisotopic (exact) mass is 362 g/mol. The molecule has 0 saturated heterocycles. The van der Waals surface area contributed by atoms with Gasteiger partial charge >= 0.3 is 6.09 Å². The van der Waals surface area contributed by atoms with Crippen LogP contribution in [0.1, 0.15) is 38.1 Å². The van der Waals surface area contributed by atoms with E-state index in [1.165, 1.54) is 0 Å². The van der Waals surface area contributed by atoms with Crippen LogP contribution in [-0.2, 0) is 27.4 Å². The number of carbonyl (C=O) groups excluding carboxylic acids is 1. The van der Waals surface area contributed by atoms with E-state index in [-0.39, 0.29) is 19.4 Å². The molecule has 3 rings (SSSR count). The van der Waals surface area contributed by atoms with Crippen LogP contribution in [0.15, 0.2) is 24.3 Å². The Morgan fingerprint density at radius 3 is 2.73 bits per heavy atom. The molecule has 0 saturated carbocycles. The van der Waals surface area contributed by atoms with Gasteiger partial charge in [-0.25, -0.2) is 4.79 Å². The van der Waals surface area contributed by atoms with E-state index in [0.717, 1.165) is 22.2 Å². The Morgan fingerprint density at radius 1 is 1.35 bits per heavy atom. The summed E-state index contributed by atoms with van der Waals surface area (Å²) in [6.07, 6.45) is -0.925. The summed E-state index contributed by atoms with van der Waals surface area (Å²) < 4.78 is 18.4. The van der Waals surface area contributed by atoms with E-state index in [4.69, 9.17) is 14.2 Å². The highest BCUT2D eigenvalue weighted by atomic mass is 16.7. The Kier molecular flexibility index (Phi) is 5.22. The number of aliphatic hydroxyl groups excluding tert-OH is 1. The summed E-state index contributed by atoms with van der Waals surface area (Å²) in [6.45, 7) is 5.98. The highest BCUT2D eigenvalue weighted by molar-refractivity contribution is 5.86. The summed E-state index contributed by atoms with van der Waals surface area (Å²) in [5.41, 5.74) is 2.11. The largest absolute Gasteiger partial charge is 0.444 e. The zero-order valence-corrected chi connectivity index (χ0v) is 15.6. The van der Waals surface area contributed by atoms with Gasteiger partial charge in [0, 0.05) is 30.1 Å². The first-order chi connectivity index (χ1) is 12.4. The molecular formula is C19H26N2O5. The third-order valence-corrected chi connectivity index (χ3v) is 4.36. The van der Waals surface area contributed by atoms with Crippen molar-refractivity contribution in [3.63, 3.8) is 0 Å². The molecular weight excluding hydrogens is 336 g/mol. The standard InChI is InChI=1S/C19H26N2O5/c1-19(2,3)26-18(23)20-14-9-21-15-8-6-5-7-12(15)13(10-22)16(21)17(14)25-11-24-4/h5-8,14,17,22H,9-11H2,1-4H3,(H,20,23)/t14-,17-/m0/s1. The smallest absolute Gasteiger partial charge is 0.408 e. The minimum absolute atomic E-state index is 0.0869. The quantitative estimate of drug-likeness (QED) is 0.799. The van der Waals surface area contributed by atoms with Crippen molar-refractivity contribution in [3.8, 4) is 0 Å². The van der Waals surface area contributed by atoms with Gasteiger partial charge in [-0.15, -0.1) is 0 Å². The maximum Gasteiger partial charge on any atom is 0.408 e. The highest BCUT2D eigenvalue weighted by Crippen LogP contribution is 2.39. The lowest BCUT2D eigenvalue weighted by Crippen LogP contribution is -2.42. The number of carbonyl (C=O) groups is 1. The van der Waals surface area contributed by atoms with Crippen molar-refractivity contribution in [2.75, 3.05) is 13.9 Å². The normalized spacial score (nSPS) is 19.6. The summed E-state index contributed by atoms with van der Waals surface area (Å²) >= 11 is 0. The molecule has 142 valence electrons. The fraction of sp³-hybridized carbons (Fsp3) is 0.526. The molecule has 0 radical (unpaired) electrons. The summed E-state index contributed by atoms with van der Waals surface area (Å²) in [7, 11) is 1.55. The topological polar surface area (TPSA) is 82.0 Å². The van der Waals surface area contributed by atoms with Crippen LogP contribution in [0.4, 0.5) is 4.79 Å². The molecule has 2 heterocycles. The van der Waals surface area contributed by atoms with Crippen molar-refractivity contribution in [1.82, 2.24) is 9.88 Å². The summed E-state index contributed by atoms with van der Waals surface area (Å²) in [4.78, 5) is 12.2. The highest BCUT2D eigenvalue weighted by Gasteiger charge is 2.39. The Morgan fingerprint density at radius 2 is 2.08 bits per heavy atom. The first-order valence-corrected chi connectivity index (χ1v) is 8.66. The first-order valence-electron chi connectivity index (χ1n) is 8.66. The Balaban J connectivity index is 1.94. The van der Waals surface area contributed by atoms with Crippen molar-refractivity contribution < 1.29 is 24.1 Å². The number of ether oxygens (including phenoxy) is 3. The lowest BCUT2D eigenvalue weighted by Gasteiger charge is -2.25. The molecule has 0 bridgehead atoms. The van der Waals surface area contributed by atoms with E-state index < -0.39 is 17.8 Å². The summed E-state index contributed by atoms with van der Waals surface area (Å²) in [5.74, 6) is 0. The molecule has 0 aliphatic carbocycles. The van der Waals surface area contributed by atoms with Gasteiger partial charge in [0.05, 0.1) is 18.3 Å². The molecule has 7 heteroatoms. The van der Waals surface area contributed by atoms with Gasteiger partial charge in [-0.3, -0.25) is 0 Å². The number of methoxy groups -OCH3 is 1. The van der Waals surface area contributed by atoms with Gasteiger partial charge in [0.25, 0.3) is 0 Å². The van der Waals surface area contributed by atoms with Crippen LogP contribution >= 0.6 is 0 Å². The van der Waals surface area contributed by atoms with Gasteiger partial charge in [-0.1, -0.05) is 18.2 Å². The van der Waals surface area contributed by atoms with Crippen molar-refractivity contribution in [2.24, 2.45) is 0 Å². The number of para-hydroxylation sites is 1. The van der Waals surface area contributed by atoms with Crippen LogP contribution in [-0.4, -0.2) is 41.3 Å². The van der Waals surface area contributed by atoms with E-state index in [2.05, 4.69) is 9.88 Å². The molecule has 1 amide bonds. The Labute approximate surface area is 152 Å². The molecule has 7 nitrogen and oxygen atoms in total. The number of fused-ring (bicyclic) bond motifs is 3. The zero-order chi connectivity index (χ0) is 18.9. The molecule has 2 atom stereocenters. The lowest BCUT2D eigenvalue weighted by molar-refractivity contribution is -0.0819. The molecule has 0 fully saturated rings. The minimum Gasteiger partial charge on any atom is -0.444 e. The Bertz CT molecular complexity index is 793. The van der Waals surface area contributed by atoms with Gasteiger partial charge in [0.2, 0.25) is 0 Å². The molecule has 0 unspecified atom stereocenters. The molecule has 2 aromatic rings. The predicted molar refractivity (Wildman–Crippen MR) is 96.7 cm³/mol. The van der Waals surface area contributed by atoms with E-state index in [1.807, 2.05) is 45.0 Å². The molecule has 1 aromatic carbocycles. The average molecular weight is 362 g/mol. The summed E-state index contributed by atoms with van der Waals surface area (Å²) in [5, 5.41) is 13.8. The molecule has 1 aromatic heterocycles. The van der Waals surface area contributed by atoms with Gasteiger partial charge in [0.1, 0.15) is 18.5 Å². The average Bonchev–Trinajstić information content (AvgIpc) is 3.05. The third-order valence-electron chi connectivity index (χ3n) is 4.36. The SMILES string of the molecule is COCO[C@@H]1c2c(CO)c3ccccc3n2C[C@@H]1NC(=O)OC(C)(C)C. The van der Waals surface area contributed by atoms with Gasteiger partial charge in [-0.05, 0) is 26.8 Å². The lowest BCUT2D eigenvalue weighted by atomic mass is 10.0. The molecule has 0 spiro atoms. The van der Waals surface area contributed by atoms with Gasteiger partial charge < -0.3 is 29.2 Å². The maximum absolute atomic E-state index is 12.2.